The van der Waals surface area contributed by atoms with Gasteiger partial charge in [0.2, 0.25) is 5.88 Å². The highest BCUT2D eigenvalue weighted by molar-refractivity contribution is 7.90. The zero-order valence-corrected chi connectivity index (χ0v) is 11.0. The Morgan fingerprint density at radius 2 is 2.25 bits per heavy atom. The number of aromatic nitrogens is 2. The van der Waals surface area contributed by atoms with Crippen molar-refractivity contribution in [2.75, 3.05) is 5.75 Å². The van der Waals surface area contributed by atoms with Crippen LogP contribution in [0.4, 0.5) is 0 Å². The first kappa shape index (κ1) is 13.4. The summed E-state index contributed by atoms with van der Waals surface area (Å²) in [5, 5.41) is 13.9. The van der Waals surface area contributed by atoms with E-state index in [0.29, 0.717) is 29.7 Å². The van der Waals surface area contributed by atoms with E-state index in [1.165, 1.54) is 0 Å². The van der Waals surface area contributed by atoms with Crippen LogP contribution in [0.2, 0.25) is 0 Å². The second kappa shape index (κ2) is 6.15. The van der Waals surface area contributed by atoms with E-state index in [-0.39, 0.29) is 5.88 Å². The average Bonchev–Trinajstić information content (AvgIpc) is 2.45. The minimum Gasteiger partial charge on any atom is -0.616 e. The van der Waals surface area contributed by atoms with E-state index in [4.69, 9.17) is 0 Å². The Hall–Kier alpha value is -0.680. The van der Waals surface area contributed by atoms with E-state index >= 15 is 0 Å². The molecule has 0 saturated heterocycles. The van der Waals surface area contributed by atoms with Gasteiger partial charge in [-0.05, 0) is 23.5 Å². The van der Waals surface area contributed by atoms with Crippen LogP contribution in [0.15, 0.2) is 6.07 Å². The minimum absolute atomic E-state index is 0.164. The summed E-state index contributed by atoms with van der Waals surface area (Å²) in [6.07, 6.45) is 0.908. The topological polar surface area (TPSA) is 61.1 Å². The fraction of sp³-hybridized carbons (Fsp3) is 0.727. The van der Waals surface area contributed by atoms with Crippen LogP contribution in [0.5, 0.6) is 5.88 Å². The number of nitrogens with zero attached hydrogens (tertiary/aromatic N) is 2. The number of aromatic hydroxyl groups is 1. The Morgan fingerprint density at radius 3 is 2.81 bits per heavy atom. The predicted molar refractivity (Wildman–Crippen MR) is 65.7 cm³/mol. The predicted octanol–water partition coefficient (Wildman–Crippen LogP) is 1.90. The van der Waals surface area contributed by atoms with Crippen LogP contribution in [0.3, 0.4) is 0 Å². The van der Waals surface area contributed by atoms with E-state index in [1.54, 1.807) is 10.7 Å². The average molecular weight is 244 g/mol. The summed E-state index contributed by atoms with van der Waals surface area (Å²) in [6.45, 7) is 6.82. The van der Waals surface area contributed by atoms with Crippen molar-refractivity contribution < 1.29 is 9.66 Å². The highest BCUT2D eigenvalue weighted by Gasteiger charge is 2.13. The van der Waals surface area contributed by atoms with E-state index in [0.717, 1.165) is 6.42 Å². The molecule has 0 aliphatic carbocycles. The summed E-state index contributed by atoms with van der Waals surface area (Å²) in [5.74, 6) is 1.72. The number of hydrogen-bond donors (Lipinski definition) is 1. The van der Waals surface area contributed by atoms with Gasteiger partial charge >= 0.3 is 0 Å². The van der Waals surface area contributed by atoms with Crippen molar-refractivity contribution >= 4 is 11.2 Å². The molecule has 1 heterocycles. The largest absolute Gasteiger partial charge is 0.616 e. The van der Waals surface area contributed by atoms with E-state index in [9.17, 15) is 9.66 Å². The van der Waals surface area contributed by atoms with Crippen LogP contribution >= 0.6 is 0 Å². The van der Waals surface area contributed by atoms with Gasteiger partial charge in [-0.1, -0.05) is 20.8 Å². The molecule has 1 atom stereocenters. The summed E-state index contributed by atoms with van der Waals surface area (Å²) in [7, 11) is 0. The molecule has 0 aliphatic heterocycles. The molecule has 1 rings (SSSR count). The van der Waals surface area contributed by atoms with Crippen LogP contribution in [-0.2, 0) is 23.5 Å². The zero-order valence-electron chi connectivity index (χ0n) is 10.1. The quantitative estimate of drug-likeness (QED) is 0.777. The number of hydrogen-bond acceptors (Lipinski definition) is 3. The van der Waals surface area contributed by atoms with Crippen molar-refractivity contribution in [1.29, 1.82) is 0 Å². The number of rotatable bonds is 6. The third kappa shape index (κ3) is 4.06. The normalized spacial score (nSPS) is 13.3. The zero-order chi connectivity index (χ0) is 12.1. The van der Waals surface area contributed by atoms with Gasteiger partial charge in [0.15, 0.2) is 0 Å². The van der Waals surface area contributed by atoms with Crippen LogP contribution in [0.1, 0.15) is 32.9 Å². The molecule has 92 valence electrons. The molecule has 0 aliphatic rings. The molecule has 0 fully saturated rings. The van der Waals surface area contributed by atoms with E-state index in [1.807, 2.05) is 6.92 Å². The van der Waals surface area contributed by atoms with Crippen molar-refractivity contribution in [2.24, 2.45) is 5.92 Å². The molecule has 16 heavy (non-hydrogen) atoms. The van der Waals surface area contributed by atoms with Crippen molar-refractivity contribution in [3.63, 3.8) is 0 Å². The highest BCUT2D eigenvalue weighted by atomic mass is 32.2. The van der Waals surface area contributed by atoms with Crippen LogP contribution in [0.25, 0.3) is 0 Å². The lowest BCUT2D eigenvalue weighted by atomic mass is 10.2. The molecule has 0 spiro atoms. The van der Waals surface area contributed by atoms with Crippen LogP contribution in [-0.4, -0.2) is 25.2 Å². The molecule has 0 radical (unpaired) electrons. The molecule has 1 N–H and O–H groups in total. The van der Waals surface area contributed by atoms with Gasteiger partial charge in [-0.25, -0.2) is 4.68 Å². The molecule has 1 aromatic rings. The molecule has 1 unspecified atom stereocenters. The van der Waals surface area contributed by atoms with E-state index in [2.05, 4.69) is 18.9 Å². The summed E-state index contributed by atoms with van der Waals surface area (Å²) in [4.78, 5) is 0. The first-order chi connectivity index (χ1) is 7.52. The van der Waals surface area contributed by atoms with Gasteiger partial charge in [0.25, 0.3) is 0 Å². The molecule has 0 bridgehead atoms. The van der Waals surface area contributed by atoms with Gasteiger partial charge in [0.1, 0.15) is 17.2 Å². The molecule has 0 aromatic carbocycles. The standard InChI is InChI=1S/C11H20N2O2S/c1-4-5-16(15)8-10-6-11(14)13(12-10)7-9(2)3/h6,9,14H,4-5,7-8H2,1-3H3. The first-order valence-corrected chi connectivity index (χ1v) is 7.12. The van der Waals surface area contributed by atoms with Crippen LogP contribution < -0.4 is 0 Å². The molecular formula is C11H20N2O2S. The van der Waals surface area contributed by atoms with Gasteiger partial charge in [-0.15, -0.1) is 0 Å². The molecule has 4 nitrogen and oxygen atoms in total. The molecule has 0 saturated carbocycles. The highest BCUT2D eigenvalue weighted by Crippen LogP contribution is 2.16. The van der Waals surface area contributed by atoms with Gasteiger partial charge in [-0.2, -0.15) is 5.10 Å². The van der Waals surface area contributed by atoms with Gasteiger partial charge in [0, 0.05) is 12.6 Å². The summed E-state index contributed by atoms with van der Waals surface area (Å²) in [5.41, 5.74) is 0.713. The summed E-state index contributed by atoms with van der Waals surface area (Å²) >= 11 is -0.866. The van der Waals surface area contributed by atoms with Crippen LogP contribution in [0, 0.1) is 5.92 Å². The Kier molecular flexibility index (Phi) is 5.15. The van der Waals surface area contributed by atoms with Crippen molar-refractivity contribution in [3.8, 4) is 5.88 Å². The maximum atomic E-state index is 11.5. The Bertz CT molecular complexity index is 326. The lowest BCUT2D eigenvalue weighted by molar-refractivity contribution is 0.371. The smallest absolute Gasteiger partial charge is 0.209 e. The first-order valence-electron chi connectivity index (χ1n) is 5.63. The third-order valence-corrected chi connectivity index (χ3v) is 3.57. The van der Waals surface area contributed by atoms with Gasteiger partial charge in [-0.3, -0.25) is 0 Å². The Labute approximate surface area is 99.8 Å². The maximum Gasteiger partial charge on any atom is 0.209 e. The monoisotopic (exact) mass is 244 g/mol. The molecular weight excluding hydrogens is 224 g/mol. The lowest BCUT2D eigenvalue weighted by Gasteiger charge is -2.07. The molecule has 0 amide bonds. The minimum atomic E-state index is -0.866. The lowest BCUT2D eigenvalue weighted by Crippen LogP contribution is -2.10. The Morgan fingerprint density at radius 1 is 1.56 bits per heavy atom. The summed E-state index contributed by atoms with van der Waals surface area (Å²) in [6, 6.07) is 1.61. The van der Waals surface area contributed by atoms with Crippen molar-refractivity contribution in [2.45, 2.75) is 39.5 Å². The van der Waals surface area contributed by atoms with Gasteiger partial charge < -0.3 is 9.66 Å². The fourth-order valence-corrected chi connectivity index (χ4v) is 2.54. The summed E-state index contributed by atoms with van der Waals surface area (Å²) < 4.78 is 13.1. The third-order valence-electron chi connectivity index (χ3n) is 2.09. The van der Waals surface area contributed by atoms with Gasteiger partial charge in [0.05, 0.1) is 0 Å². The SMILES string of the molecule is CCC[S+]([O-])Cc1cc(O)n(CC(C)C)n1. The fourth-order valence-electron chi connectivity index (χ4n) is 1.47. The second-order valence-corrected chi connectivity index (χ2v) is 5.93. The molecule has 1 aromatic heterocycles. The maximum absolute atomic E-state index is 11.5. The van der Waals surface area contributed by atoms with E-state index < -0.39 is 11.2 Å². The van der Waals surface area contributed by atoms with Crippen molar-refractivity contribution in [1.82, 2.24) is 9.78 Å². The van der Waals surface area contributed by atoms with Crippen molar-refractivity contribution in [3.05, 3.63) is 11.8 Å². The second-order valence-electron chi connectivity index (χ2n) is 4.36. The molecule has 5 heteroatoms. The Balaban J connectivity index is 2.61.